The summed E-state index contributed by atoms with van der Waals surface area (Å²) in [6, 6.07) is 0. The highest BCUT2D eigenvalue weighted by molar-refractivity contribution is 5.94. The fourth-order valence-corrected chi connectivity index (χ4v) is 3.31. The third kappa shape index (κ3) is 1.27. The van der Waals surface area contributed by atoms with E-state index < -0.39 is 0 Å². The summed E-state index contributed by atoms with van der Waals surface area (Å²) in [5, 5.41) is 0. The Labute approximate surface area is 91.7 Å². The molecule has 2 bridgehead atoms. The molecule has 0 spiro atoms. The third-order valence-corrected chi connectivity index (χ3v) is 4.53. The number of fused-ring (bicyclic) bond motifs is 3. The molecule has 15 heavy (non-hydrogen) atoms. The molecule has 3 aliphatic rings. The molecule has 0 aromatic heterocycles. The Kier molecular flexibility index (Phi) is 2.21. The summed E-state index contributed by atoms with van der Waals surface area (Å²) < 4.78 is 5.10. The van der Waals surface area contributed by atoms with E-state index in [4.69, 9.17) is 4.74 Å². The van der Waals surface area contributed by atoms with Crippen LogP contribution in [-0.4, -0.2) is 12.9 Å². The molecule has 0 aliphatic heterocycles. The van der Waals surface area contributed by atoms with Gasteiger partial charge in [-0.15, -0.1) is 0 Å². The lowest BCUT2D eigenvalue weighted by molar-refractivity contribution is -0.147. The van der Waals surface area contributed by atoms with E-state index in [1.54, 1.807) is 13.4 Å². The molecule has 2 heteroatoms. The average molecular weight is 208 g/mol. The lowest BCUT2D eigenvalue weighted by Crippen LogP contribution is -2.53. The number of rotatable bonds is 1. The van der Waals surface area contributed by atoms with Crippen LogP contribution in [0.3, 0.4) is 0 Å². The fraction of sp³-hybridized carbons (Fsp3) is 0.769. The molecule has 0 radical (unpaired) electrons. The molecule has 3 fully saturated rings. The van der Waals surface area contributed by atoms with Crippen LogP contribution in [0, 0.1) is 16.7 Å². The number of Topliss-reactive ketones (excluding diaryl/α,β-unsaturated/α-hetero) is 1. The number of carbonyl (C=O) groups is 1. The standard InChI is InChI=1S/C13H20O2/c1-12(2)9-5-6-13(3,11(12)14)10(7-9)8-15-4/h8-9H,5-7H2,1-4H3/b10-8+. The minimum absolute atomic E-state index is 0.141. The van der Waals surface area contributed by atoms with Gasteiger partial charge in [-0.2, -0.15) is 0 Å². The second-order valence-electron chi connectivity index (χ2n) is 5.70. The van der Waals surface area contributed by atoms with Crippen LogP contribution in [0.25, 0.3) is 0 Å². The van der Waals surface area contributed by atoms with Crippen molar-refractivity contribution < 1.29 is 9.53 Å². The molecular weight excluding hydrogens is 188 g/mol. The number of methoxy groups -OCH3 is 1. The topological polar surface area (TPSA) is 26.3 Å². The number of carbonyl (C=O) groups excluding carboxylic acids is 1. The van der Waals surface area contributed by atoms with Gasteiger partial charge < -0.3 is 4.74 Å². The monoisotopic (exact) mass is 208 g/mol. The van der Waals surface area contributed by atoms with Crippen LogP contribution in [0.1, 0.15) is 40.0 Å². The summed E-state index contributed by atoms with van der Waals surface area (Å²) in [6.45, 7) is 6.28. The summed E-state index contributed by atoms with van der Waals surface area (Å²) in [7, 11) is 1.66. The van der Waals surface area contributed by atoms with E-state index in [-0.39, 0.29) is 10.8 Å². The van der Waals surface area contributed by atoms with Crippen LogP contribution in [0.2, 0.25) is 0 Å². The summed E-state index contributed by atoms with van der Waals surface area (Å²) in [5.41, 5.74) is 0.803. The summed E-state index contributed by atoms with van der Waals surface area (Å²) in [4.78, 5) is 12.4. The predicted molar refractivity (Wildman–Crippen MR) is 59.3 cm³/mol. The predicted octanol–water partition coefficient (Wildman–Crippen LogP) is 2.93. The molecule has 2 atom stereocenters. The molecule has 0 N–H and O–H groups in total. The highest BCUT2D eigenvalue weighted by Gasteiger charge is 2.56. The van der Waals surface area contributed by atoms with E-state index in [0.717, 1.165) is 12.8 Å². The highest BCUT2D eigenvalue weighted by atomic mass is 16.5. The number of ether oxygens (including phenoxy) is 1. The lowest BCUT2D eigenvalue weighted by Gasteiger charge is -2.53. The van der Waals surface area contributed by atoms with Crippen molar-refractivity contribution in [3.05, 3.63) is 11.8 Å². The van der Waals surface area contributed by atoms with Gasteiger partial charge in [-0.25, -0.2) is 0 Å². The van der Waals surface area contributed by atoms with Crippen molar-refractivity contribution in [1.29, 1.82) is 0 Å². The Morgan fingerprint density at radius 3 is 2.67 bits per heavy atom. The summed E-state index contributed by atoms with van der Waals surface area (Å²) >= 11 is 0. The average Bonchev–Trinajstić information content (AvgIpc) is 2.18. The number of hydrogen-bond donors (Lipinski definition) is 0. The quantitative estimate of drug-likeness (QED) is 0.619. The molecule has 2 unspecified atom stereocenters. The Morgan fingerprint density at radius 1 is 1.40 bits per heavy atom. The first kappa shape index (κ1) is 10.7. The maximum atomic E-state index is 12.4. The van der Waals surface area contributed by atoms with Crippen molar-refractivity contribution in [2.45, 2.75) is 40.0 Å². The van der Waals surface area contributed by atoms with Crippen LogP contribution < -0.4 is 0 Å². The van der Waals surface area contributed by atoms with Gasteiger partial charge in [-0.1, -0.05) is 13.8 Å². The van der Waals surface area contributed by atoms with Crippen molar-refractivity contribution in [2.75, 3.05) is 7.11 Å². The van der Waals surface area contributed by atoms with Crippen molar-refractivity contribution in [3.8, 4) is 0 Å². The van der Waals surface area contributed by atoms with Crippen LogP contribution in [0.5, 0.6) is 0 Å². The highest BCUT2D eigenvalue weighted by Crippen LogP contribution is 2.58. The maximum Gasteiger partial charge on any atom is 0.148 e. The number of hydrogen-bond acceptors (Lipinski definition) is 2. The lowest BCUT2D eigenvalue weighted by atomic mass is 9.49. The van der Waals surface area contributed by atoms with E-state index in [0.29, 0.717) is 11.7 Å². The molecule has 0 amide bonds. The Bertz CT molecular complexity index is 327. The van der Waals surface area contributed by atoms with Crippen molar-refractivity contribution in [1.82, 2.24) is 0 Å². The van der Waals surface area contributed by atoms with Crippen molar-refractivity contribution >= 4 is 5.78 Å². The van der Waals surface area contributed by atoms with Crippen LogP contribution in [0.4, 0.5) is 0 Å². The first-order chi connectivity index (χ1) is 6.93. The van der Waals surface area contributed by atoms with E-state index >= 15 is 0 Å². The Morgan fingerprint density at radius 2 is 2.07 bits per heavy atom. The van der Waals surface area contributed by atoms with Gasteiger partial charge in [0.1, 0.15) is 5.78 Å². The molecule has 3 aliphatic carbocycles. The van der Waals surface area contributed by atoms with Gasteiger partial charge in [-0.05, 0) is 37.7 Å². The molecule has 0 heterocycles. The Balaban J connectivity index is 2.43. The van der Waals surface area contributed by atoms with E-state index in [1.165, 1.54) is 12.0 Å². The molecule has 0 aromatic rings. The van der Waals surface area contributed by atoms with Gasteiger partial charge in [0.2, 0.25) is 0 Å². The second kappa shape index (κ2) is 3.10. The van der Waals surface area contributed by atoms with Crippen molar-refractivity contribution in [3.63, 3.8) is 0 Å². The van der Waals surface area contributed by atoms with Crippen LogP contribution in [-0.2, 0) is 9.53 Å². The SMILES string of the molecule is CO/C=C1\CC2CCC1(C)C(=O)C2(C)C. The van der Waals surface area contributed by atoms with E-state index in [9.17, 15) is 4.79 Å². The van der Waals surface area contributed by atoms with Crippen molar-refractivity contribution in [2.24, 2.45) is 16.7 Å². The normalized spacial score (nSPS) is 40.9. The zero-order valence-corrected chi connectivity index (χ0v) is 10.1. The number of ketones is 1. The molecule has 3 saturated carbocycles. The van der Waals surface area contributed by atoms with Gasteiger partial charge >= 0.3 is 0 Å². The van der Waals surface area contributed by atoms with Gasteiger partial charge in [0.25, 0.3) is 0 Å². The third-order valence-electron chi connectivity index (χ3n) is 4.53. The van der Waals surface area contributed by atoms with E-state index in [1.807, 2.05) is 0 Å². The minimum Gasteiger partial charge on any atom is -0.504 e. The first-order valence-electron chi connectivity index (χ1n) is 5.70. The van der Waals surface area contributed by atoms with E-state index in [2.05, 4.69) is 20.8 Å². The van der Waals surface area contributed by atoms with Gasteiger partial charge in [0.05, 0.1) is 18.8 Å². The number of allylic oxidation sites excluding steroid dienone is 1. The zero-order chi connectivity index (χ0) is 11.3. The summed E-state index contributed by atoms with van der Waals surface area (Å²) in [5.74, 6) is 0.911. The van der Waals surface area contributed by atoms with Gasteiger partial charge in [0.15, 0.2) is 0 Å². The maximum absolute atomic E-state index is 12.4. The van der Waals surface area contributed by atoms with Gasteiger partial charge in [0, 0.05) is 5.41 Å². The van der Waals surface area contributed by atoms with Crippen LogP contribution >= 0.6 is 0 Å². The molecule has 3 rings (SSSR count). The molecule has 84 valence electrons. The summed E-state index contributed by atoms with van der Waals surface area (Å²) in [6.07, 6.45) is 4.99. The van der Waals surface area contributed by atoms with Crippen LogP contribution in [0.15, 0.2) is 11.8 Å². The molecule has 2 nitrogen and oxygen atoms in total. The molecule has 0 saturated heterocycles. The zero-order valence-electron chi connectivity index (χ0n) is 10.1. The minimum atomic E-state index is -0.256. The smallest absolute Gasteiger partial charge is 0.148 e. The fourth-order valence-electron chi connectivity index (χ4n) is 3.31. The molecule has 0 aromatic carbocycles. The second-order valence-corrected chi connectivity index (χ2v) is 5.70. The van der Waals surface area contributed by atoms with Gasteiger partial charge in [-0.3, -0.25) is 4.79 Å². The molecular formula is C13H20O2. The Hall–Kier alpha value is -0.790. The largest absolute Gasteiger partial charge is 0.504 e. The first-order valence-corrected chi connectivity index (χ1v) is 5.70.